The molecule has 30 heavy (non-hydrogen) atoms. The van der Waals surface area contributed by atoms with Crippen molar-refractivity contribution < 1.29 is 4.79 Å². The van der Waals surface area contributed by atoms with Crippen molar-refractivity contribution in [3.05, 3.63) is 102 Å². The van der Waals surface area contributed by atoms with Crippen molar-refractivity contribution in [2.75, 3.05) is 12.3 Å². The van der Waals surface area contributed by atoms with Gasteiger partial charge in [-0.1, -0.05) is 78.9 Å². The number of H-pyrrole nitrogens is 1. The summed E-state index contributed by atoms with van der Waals surface area (Å²) in [7, 11) is 0. The van der Waals surface area contributed by atoms with Gasteiger partial charge in [0.2, 0.25) is 5.91 Å². The predicted octanol–water partition coefficient (Wildman–Crippen LogP) is 5.91. The molecule has 0 unspecified atom stereocenters. The van der Waals surface area contributed by atoms with E-state index < -0.39 is 0 Å². The van der Waals surface area contributed by atoms with E-state index in [0.717, 1.165) is 11.3 Å². The molecule has 0 atom stereocenters. The Morgan fingerprint density at radius 2 is 1.50 bits per heavy atom. The molecule has 0 aliphatic heterocycles. The van der Waals surface area contributed by atoms with Crippen molar-refractivity contribution in [3.63, 3.8) is 0 Å². The molecule has 1 heterocycles. The Balaban J connectivity index is 1.35. The molecule has 0 fully saturated rings. The lowest BCUT2D eigenvalue weighted by Gasteiger charge is -2.18. The fraction of sp³-hybridized carbons (Fsp3) is 0.192. The molecule has 0 radical (unpaired) electrons. The van der Waals surface area contributed by atoms with Gasteiger partial charge >= 0.3 is 0 Å². The van der Waals surface area contributed by atoms with E-state index in [4.69, 9.17) is 0 Å². The van der Waals surface area contributed by atoms with Gasteiger partial charge in [0.1, 0.15) is 0 Å². The second-order valence-electron chi connectivity index (χ2n) is 7.40. The molecule has 4 aromatic rings. The number of fused-ring (bicyclic) bond motifs is 1. The number of aromatic amines is 1. The van der Waals surface area contributed by atoms with Crippen LogP contribution in [0.15, 0.2) is 89.8 Å². The maximum atomic E-state index is 12.7. The highest BCUT2D eigenvalue weighted by Crippen LogP contribution is 2.31. The first-order chi connectivity index (χ1) is 14.7. The van der Waals surface area contributed by atoms with E-state index >= 15 is 0 Å². The molecule has 152 valence electrons. The van der Waals surface area contributed by atoms with Crippen molar-refractivity contribution in [2.24, 2.45) is 0 Å². The zero-order valence-corrected chi connectivity index (χ0v) is 17.9. The fourth-order valence-corrected chi connectivity index (χ4v) is 4.85. The number of carbonyl (C=O) groups excluding carboxylic acids is 1. The number of hydrogen-bond acceptors (Lipinski definition) is 2. The van der Waals surface area contributed by atoms with E-state index in [-0.39, 0.29) is 11.8 Å². The van der Waals surface area contributed by atoms with Crippen LogP contribution in [0.25, 0.3) is 10.9 Å². The molecular formula is C26H26N2OS. The van der Waals surface area contributed by atoms with Crippen LogP contribution in [0.5, 0.6) is 0 Å². The lowest BCUT2D eigenvalue weighted by Crippen LogP contribution is -2.27. The van der Waals surface area contributed by atoms with Gasteiger partial charge in [0, 0.05) is 46.1 Å². The molecule has 0 saturated heterocycles. The summed E-state index contributed by atoms with van der Waals surface area (Å²) in [5.41, 5.74) is 4.68. The smallest absolute Gasteiger partial charge is 0.220 e. The van der Waals surface area contributed by atoms with Gasteiger partial charge in [-0.2, -0.15) is 0 Å². The highest BCUT2D eigenvalue weighted by Gasteiger charge is 2.18. The largest absolute Gasteiger partial charge is 0.358 e. The first-order valence-electron chi connectivity index (χ1n) is 10.3. The van der Waals surface area contributed by atoms with Gasteiger partial charge in [-0.25, -0.2) is 0 Å². The summed E-state index contributed by atoms with van der Waals surface area (Å²) < 4.78 is 0. The van der Waals surface area contributed by atoms with Crippen LogP contribution < -0.4 is 5.32 Å². The second kappa shape index (κ2) is 9.68. The third-order valence-corrected chi connectivity index (χ3v) is 6.52. The first-order valence-corrected chi connectivity index (χ1v) is 11.3. The molecule has 0 aliphatic rings. The molecule has 0 saturated carbocycles. The number of aryl methyl sites for hydroxylation is 1. The average Bonchev–Trinajstić information content (AvgIpc) is 3.11. The summed E-state index contributed by atoms with van der Waals surface area (Å²) >= 11 is 1.79. The summed E-state index contributed by atoms with van der Waals surface area (Å²) in [6.07, 6.45) is 0.449. The lowest BCUT2D eigenvalue weighted by atomic mass is 9.88. The number of rotatable bonds is 8. The Bertz CT molecular complexity index is 1070. The van der Waals surface area contributed by atoms with E-state index in [2.05, 4.69) is 59.7 Å². The third kappa shape index (κ3) is 4.77. The van der Waals surface area contributed by atoms with Crippen LogP contribution in [0.1, 0.15) is 29.2 Å². The van der Waals surface area contributed by atoms with Crippen LogP contribution in [0.2, 0.25) is 0 Å². The van der Waals surface area contributed by atoms with Gasteiger partial charge < -0.3 is 10.3 Å². The Morgan fingerprint density at radius 1 is 0.900 bits per heavy atom. The molecule has 4 heteroatoms. The Morgan fingerprint density at radius 3 is 2.17 bits per heavy atom. The normalized spacial score (nSPS) is 11.1. The minimum Gasteiger partial charge on any atom is -0.358 e. The minimum atomic E-state index is 0.0657. The Hall–Kier alpha value is -2.98. The zero-order chi connectivity index (χ0) is 20.8. The number of thioether (sulfide) groups is 1. The van der Waals surface area contributed by atoms with Gasteiger partial charge in [0.25, 0.3) is 0 Å². The van der Waals surface area contributed by atoms with E-state index in [1.165, 1.54) is 27.1 Å². The van der Waals surface area contributed by atoms with Gasteiger partial charge in [0.05, 0.1) is 0 Å². The zero-order valence-electron chi connectivity index (χ0n) is 17.1. The number of benzene rings is 3. The van der Waals surface area contributed by atoms with Crippen molar-refractivity contribution in [1.29, 1.82) is 0 Å². The van der Waals surface area contributed by atoms with Gasteiger partial charge in [0.15, 0.2) is 0 Å². The Labute approximate surface area is 181 Å². The number of para-hydroxylation sites is 1. The predicted molar refractivity (Wildman–Crippen MR) is 126 cm³/mol. The lowest BCUT2D eigenvalue weighted by molar-refractivity contribution is -0.121. The van der Waals surface area contributed by atoms with E-state index in [1.807, 2.05) is 42.5 Å². The highest BCUT2D eigenvalue weighted by atomic mass is 32.2. The number of nitrogens with one attached hydrogen (secondary N) is 2. The Kier molecular flexibility index (Phi) is 6.55. The molecule has 0 bridgehead atoms. The monoisotopic (exact) mass is 414 g/mol. The summed E-state index contributed by atoms with van der Waals surface area (Å²) in [6, 6.07) is 28.9. The van der Waals surface area contributed by atoms with Crippen LogP contribution in [0.3, 0.4) is 0 Å². The number of aromatic nitrogens is 1. The average molecular weight is 415 g/mol. The number of hydrogen-bond donors (Lipinski definition) is 2. The van der Waals surface area contributed by atoms with Crippen LogP contribution in [-0.4, -0.2) is 23.2 Å². The number of carbonyl (C=O) groups is 1. The van der Waals surface area contributed by atoms with Gasteiger partial charge in [-0.15, -0.1) is 11.8 Å². The topological polar surface area (TPSA) is 44.9 Å². The molecule has 3 aromatic carbocycles. The van der Waals surface area contributed by atoms with Crippen molar-refractivity contribution >= 4 is 28.6 Å². The van der Waals surface area contributed by atoms with Crippen molar-refractivity contribution in [1.82, 2.24) is 10.3 Å². The SMILES string of the molecule is Cc1[nH]c2ccccc2c1SCCNC(=O)CC(c1ccccc1)c1ccccc1. The minimum absolute atomic E-state index is 0.0657. The molecule has 3 nitrogen and oxygen atoms in total. The summed E-state index contributed by atoms with van der Waals surface area (Å²) in [4.78, 5) is 17.4. The van der Waals surface area contributed by atoms with Gasteiger partial charge in [-0.3, -0.25) is 4.79 Å². The van der Waals surface area contributed by atoms with Crippen LogP contribution in [-0.2, 0) is 4.79 Å². The van der Waals surface area contributed by atoms with Crippen LogP contribution in [0, 0.1) is 6.92 Å². The van der Waals surface area contributed by atoms with Crippen LogP contribution >= 0.6 is 11.8 Å². The number of amides is 1. The molecule has 1 amide bonds. The van der Waals surface area contributed by atoms with Gasteiger partial charge in [-0.05, 0) is 24.1 Å². The molecule has 0 aliphatic carbocycles. The highest BCUT2D eigenvalue weighted by molar-refractivity contribution is 7.99. The second-order valence-corrected chi connectivity index (χ2v) is 8.51. The standard InChI is InChI=1S/C26H26N2OS/c1-19-26(22-14-8-9-15-24(22)28-19)30-17-16-27-25(29)18-23(20-10-4-2-5-11-20)21-12-6-3-7-13-21/h2-15,23,28H,16-18H2,1H3,(H,27,29). The van der Waals surface area contributed by atoms with E-state index in [0.29, 0.717) is 13.0 Å². The third-order valence-electron chi connectivity index (χ3n) is 5.30. The molecule has 2 N–H and O–H groups in total. The summed E-state index contributed by atoms with van der Waals surface area (Å²) in [5.74, 6) is 0.996. The van der Waals surface area contributed by atoms with Crippen LogP contribution in [0.4, 0.5) is 0 Å². The summed E-state index contributed by atoms with van der Waals surface area (Å²) in [5, 5.41) is 4.36. The summed E-state index contributed by atoms with van der Waals surface area (Å²) in [6.45, 7) is 2.75. The van der Waals surface area contributed by atoms with Crippen molar-refractivity contribution in [2.45, 2.75) is 24.2 Å². The maximum Gasteiger partial charge on any atom is 0.220 e. The maximum absolute atomic E-state index is 12.7. The molecule has 4 rings (SSSR count). The first kappa shape index (κ1) is 20.3. The van der Waals surface area contributed by atoms with Crippen molar-refractivity contribution in [3.8, 4) is 0 Å². The quantitative estimate of drug-likeness (QED) is 0.278. The molecular weight excluding hydrogens is 388 g/mol. The molecule has 1 aromatic heterocycles. The fourth-order valence-electron chi connectivity index (χ4n) is 3.84. The van der Waals surface area contributed by atoms with E-state index in [1.54, 1.807) is 11.8 Å². The van der Waals surface area contributed by atoms with E-state index in [9.17, 15) is 4.79 Å². The molecule has 0 spiro atoms.